The lowest BCUT2D eigenvalue weighted by molar-refractivity contribution is 0.141. The quantitative estimate of drug-likeness (QED) is 0.904. The number of fused-ring (bicyclic) bond motifs is 1. The molecule has 3 rings (SSSR count). The van der Waals surface area contributed by atoms with Gasteiger partial charge in [-0.15, -0.1) is 0 Å². The Morgan fingerprint density at radius 2 is 2.32 bits per heavy atom. The molecule has 2 unspecified atom stereocenters. The maximum atomic E-state index is 6.02. The lowest BCUT2D eigenvalue weighted by atomic mass is 9.87. The molecule has 2 atom stereocenters. The lowest BCUT2D eigenvalue weighted by Gasteiger charge is -2.27. The number of aryl methyl sites for hydroxylation is 1. The normalized spacial score (nSPS) is 26.2. The molecule has 3 heteroatoms. The highest BCUT2D eigenvalue weighted by Crippen LogP contribution is 2.33. The first-order chi connectivity index (χ1) is 9.36. The molecule has 1 aliphatic carbocycles. The van der Waals surface area contributed by atoms with Gasteiger partial charge in [0.05, 0.1) is 13.2 Å². The van der Waals surface area contributed by atoms with Crippen molar-refractivity contribution < 1.29 is 9.47 Å². The molecule has 0 spiro atoms. The van der Waals surface area contributed by atoms with Crippen molar-refractivity contribution in [1.82, 2.24) is 5.32 Å². The molecule has 0 amide bonds. The fourth-order valence-corrected chi connectivity index (χ4v) is 3.11. The molecule has 0 aromatic heterocycles. The van der Waals surface area contributed by atoms with Gasteiger partial charge in [0.2, 0.25) is 0 Å². The van der Waals surface area contributed by atoms with E-state index >= 15 is 0 Å². The van der Waals surface area contributed by atoms with Gasteiger partial charge in [-0.1, -0.05) is 13.0 Å². The minimum absolute atomic E-state index is 0.235. The minimum Gasteiger partial charge on any atom is -0.488 e. The van der Waals surface area contributed by atoms with Crippen LogP contribution in [0.4, 0.5) is 0 Å². The van der Waals surface area contributed by atoms with Crippen LogP contribution in [0.2, 0.25) is 0 Å². The van der Waals surface area contributed by atoms with E-state index in [2.05, 4.69) is 30.4 Å². The van der Waals surface area contributed by atoms with Gasteiger partial charge < -0.3 is 14.8 Å². The third kappa shape index (κ3) is 2.93. The van der Waals surface area contributed by atoms with E-state index in [4.69, 9.17) is 9.47 Å². The number of ether oxygens (including phenoxy) is 2. The summed E-state index contributed by atoms with van der Waals surface area (Å²) in [6, 6.07) is 7.09. The van der Waals surface area contributed by atoms with Crippen molar-refractivity contribution in [2.24, 2.45) is 0 Å². The standard InChI is InChI=1S/C16H23NO2/c1-2-17-16-5-3-4-12-6-7-13(10-15(12)16)19-14-8-9-18-11-14/h6-7,10,14,16-17H,2-5,8-9,11H2,1H3. The van der Waals surface area contributed by atoms with Gasteiger partial charge in [0.1, 0.15) is 11.9 Å². The van der Waals surface area contributed by atoms with Crippen molar-refractivity contribution in [3.63, 3.8) is 0 Å². The van der Waals surface area contributed by atoms with Gasteiger partial charge in [-0.2, -0.15) is 0 Å². The molecule has 3 nitrogen and oxygen atoms in total. The van der Waals surface area contributed by atoms with E-state index in [1.54, 1.807) is 0 Å². The van der Waals surface area contributed by atoms with E-state index in [1.165, 1.54) is 30.4 Å². The Hall–Kier alpha value is -1.06. The molecule has 1 saturated heterocycles. The zero-order chi connectivity index (χ0) is 13.1. The summed E-state index contributed by atoms with van der Waals surface area (Å²) in [5.41, 5.74) is 2.91. The van der Waals surface area contributed by atoms with Crippen molar-refractivity contribution in [2.45, 2.75) is 44.8 Å². The van der Waals surface area contributed by atoms with E-state index < -0.39 is 0 Å². The van der Waals surface area contributed by atoms with Crippen LogP contribution in [0.25, 0.3) is 0 Å². The molecule has 1 aliphatic heterocycles. The van der Waals surface area contributed by atoms with Crippen LogP contribution in [-0.4, -0.2) is 25.9 Å². The molecule has 2 aliphatic rings. The first-order valence-corrected chi connectivity index (χ1v) is 7.47. The molecule has 1 aromatic carbocycles. The van der Waals surface area contributed by atoms with Gasteiger partial charge in [0.25, 0.3) is 0 Å². The predicted molar refractivity (Wildman–Crippen MR) is 75.6 cm³/mol. The highest BCUT2D eigenvalue weighted by molar-refractivity contribution is 5.39. The highest BCUT2D eigenvalue weighted by atomic mass is 16.5. The lowest BCUT2D eigenvalue weighted by Crippen LogP contribution is -2.25. The fraction of sp³-hybridized carbons (Fsp3) is 0.625. The van der Waals surface area contributed by atoms with Crippen LogP contribution < -0.4 is 10.1 Å². The molecule has 1 aromatic rings. The van der Waals surface area contributed by atoms with Gasteiger partial charge in [-0.05, 0) is 49.1 Å². The summed E-state index contributed by atoms with van der Waals surface area (Å²) < 4.78 is 11.4. The van der Waals surface area contributed by atoms with Crippen LogP contribution in [0, 0.1) is 0 Å². The van der Waals surface area contributed by atoms with Crippen LogP contribution >= 0.6 is 0 Å². The second-order valence-corrected chi connectivity index (χ2v) is 5.47. The molecule has 19 heavy (non-hydrogen) atoms. The Labute approximate surface area is 115 Å². The van der Waals surface area contributed by atoms with Gasteiger partial charge in [-0.25, -0.2) is 0 Å². The largest absolute Gasteiger partial charge is 0.488 e. The molecular weight excluding hydrogens is 238 g/mol. The Bertz CT molecular complexity index is 427. The van der Waals surface area contributed by atoms with Gasteiger partial charge in [0.15, 0.2) is 0 Å². The summed E-state index contributed by atoms with van der Waals surface area (Å²) in [6.07, 6.45) is 4.95. The van der Waals surface area contributed by atoms with Crippen LogP contribution in [0.5, 0.6) is 5.75 Å². The summed E-state index contributed by atoms with van der Waals surface area (Å²) >= 11 is 0. The van der Waals surface area contributed by atoms with Gasteiger partial charge in [-0.3, -0.25) is 0 Å². The molecule has 104 valence electrons. The average Bonchev–Trinajstić information content (AvgIpc) is 2.93. The third-order valence-corrected chi connectivity index (χ3v) is 4.07. The van der Waals surface area contributed by atoms with Crippen LogP contribution in [0.3, 0.4) is 0 Å². The zero-order valence-electron chi connectivity index (χ0n) is 11.7. The molecular formula is C16H23NO2. The Kier molecular flexibility index (Phi) is 4.04. The number of nitrogens with one attached hydrogen (secondary N) is 1. The Morgan fingerprint density at radius 1 is 1.37 bits per heavy atom. The first-order valence-electron chi connectivity index (χ1n) is 7.47. The minimum atomic E-state index is 0.235. The molecule has 1 heterocycles. The number of hydrogen-bond acceptors (Lipinski definition) is 3. The summed E-state index contributed by atoms with van der Waals surface area (Å²) in [6.45, 7) is 4.75. The summed E-state index contributed by atoms with van der Waals surface area (Å²) in [4.78, 5) is 0. The zero-order valence-corrected chi connectivity index (χ0v) is 11.7. The van der Waals surface area contributed by atoms with E-state index in [0.29, 0.717) is 6.04 Å². The topological polar surface area (TPSA) is 30.5 Å². The van der Waals surface area contributed by atoms with Gasteiger partial charge >= 0.3 is 0 Å². The van der Waals surface area contributed by atoms with E-state index in [0.717, 1.165) is 31.9 Å². The number of rotatable bonds is 4. The Balaban J connectivity index is 1.77. The van der Waals surface area contributed by atoms with Crippen LogP contribution in [0.15, 0.2) is 18.2 Å². The predicted octanol–water partition coefficient (Wildman–Crippen LogP) is 2.84. The van der Waals surface area contributed by atoms with Crippen molar-refractivity contribution in [1.29, 1.82) is 0 Å². The van der Waals surface area contributed by atoms with E-state index in [9.17, 15) is 0 Å². The molecule has 1 N–H and O–H groups in total. The Morgan fingerprint density at radius 3 is 3.11 bits per heavy atom. The smallest absolute Gasteiger partial charge is 0.124 e. The summed E-state index contributed by atoms with van der Waals surface area (Å²) in [7, 11) is 0. The molecule has 0 saturated carbocycles. The second-order valence-electron chi connectivity index (χ2n) is 5.47. The highest BCUT2D eigenvalue weighted by Gasteiger charge is 2.21. The third-order valence-electron chi connectivity index (χ3n) is 4.07. The average molecular weight is 261 g/mol. The number of benzene rings is 1. The van der Waals surface area contributed by atoms with Crippen molar-refractivity contribution in [3.8, 4) is 5.75 Å². The number of hydrogen-bond donors (Lipinski definition) is 1. The molecule has 0 radical (unpaired) electrons. The summed E-state index contributed by atoms with van der Waals surface area (Å²) in [5.74, 6) is 0.999. The van der Waals surface area contributed by atoms with Crippen molar-refractivity contribution in [2.75, 3.05) is 19.8 Å². The van der Waals surface area contributed by atoms with E-state index in [1.807, 2.05) is 0 Å². The molecule has 0 bridgehead atoms. The maximum absolute atomic E-state index is 6.02. The summed E-state index contributed by atoms with van der Waals surface area (Å²) in [5, 5.41) is 3.58. The maximum Gasteiger partial charge on any atom is 0.124 e. The SMILES string of the molecule is CCNC1CCCc2ccc(OC3CCOC3)cc21. The monoisotopic (exact) mass is 261 g/mol. The first kappa shape index (κ1) is 12.9. The van der Waals surface area contributed by atoms with Gasteiger partial charge in [0, 0.05) is 12.5 Å². The van der Waals surface area contributed by atoms with Crippen molar-refractivity contribution >= 4 is 0 Å². The van der Waals surface area contributed by atoms with Crippen LogP contribution in [0.1, 0.15) is 43.4 Å². The fourth-order valence-electron chi connectivity index (χ4n) is 3.11. The molecule has 1 fully saturated rings. The van der Waals surface area contributed by atoms with Crippen molar-refractivity contribution in [3.05, 3.63) is 29.3 Å². The van der Waals surface area contributed by atoms with Crippen LogP contribution in [-0.2, 0) is 11.2 Å². The van der Waals surface area contributed by atoms with E-state index in [-0.39, 0.29) is 6.10 Å². The second kappa shape index (κ2) is 5.93.